The summed E-state index contributed by atoms with van der Waals surface area (Å²) in [7, 11) is 5.23. The van der Waals surface area contributed by atoms with Crippen LogP contribution in [0.3, 0.4) is 0 Å². The molecule has 0 radical (unpaired) electrons. The van der Waals surface area contributed by atoms with Crippen LogP contribution in [-0.2, 0) is 9.59 Å². The number of anilines is 2. The fourth-order valence-corrected chi connectivity index (χ4v) is 3.91. The van der Waals surface area contributed by atoms with Gasteiger partial charge in [-0.05, 0) is 54.1 Å². The number of amides is 1. The molecule has 174 valence electrons. The summed E-state index contributed by atoms with van der Waals surface area (Å²) in [5.41, 5.74) is 1.54. The molecule has 1 unspecified atom stereocenters. The third-order valence-corrected chi connectivity index (χ3v) is 5.71. The lowest BCUT2D eigenvalue weighted by Crippen LogP contribution is -2.29. The molecule has 1 heterocycles. The third kappa shape index (κ3) is 3.98. The third-order valence-electron chi connectivity index (χ3n) is 5.71. The number of hydrogen-bond donors (Lipinski definition) is 1. The highest BCUT2D eigenvalue weighted by Crippen LogP contribution is 2.42. The van der Waals surface area contributed by atoms with Crippen LogP contribution in [0.1, 0.15) is 17.2 Å². The van der Waals surface area contributed by atoms with Gasteiger partial charge in [0, 0.05) is 37.1 Å². The lowest BCUT2D eigenvalue weighted by Gasteiger charge is -2.26. The predicted molar refractivity (Wildman–Crippen MR) is 125 cm³/mol. The molecule has 1 fully saturated rings. The average Bonchev–Trinajstić information content (AvgIpc) is 3.11. The Morgan fingerprint density at radius 3 is 2.15 bits per heavy atom. The maximum atomic E-state index is 14.0. The van der Waals surface area contributed by atoms with Crippen molar-refractivity contribution in [1.82, 2.24) is 0 Å². The predicted octanol–water partition coefficient (Wildman–Crippen LogP) is 4.67. The van der Waals surface area contributed by atoms with Gasteiger partial charge >= 0.3 is 0 Å². The van der Waals surface area contributed by atoms with Gasteiger partial charge in [0.05, 0.1) is 18.7 Å². The van der Waals surface area contributed by atoms with Crippen molar-refractivity contribution in [2.45, 2.75) is 6.04 Å². The van der Waals surface area contributed by atoms with E-state index in [1.807, 2.05) is 19.0 Å². The van der Waals surface area contributed by atoms with Gasteiger partial charge in [0.1, 0.15) is 11.5 Å². The Balaban J connectivity index is 1.92. The SMILES string of the molecule is COc1ccc(/C(O)=C2\C(=O)C(=O)N(c3ccc(F)c(F)c3)C2c2ccc(N(C)C)cc2)cc1. The van der Waals surface area contributed by atoms with Crippen molar-refractivity contribution in [2.75, 3.05) is 31.0 Å². The van der Waals surface area contributed by atoms with Crippen LogP contribution in [0, 0.1) is 11.6 Å². The monoisotopic (exact) mass is 464 g/mol. The van der Waals surface area contributed by atoms with Gasteiger partial charge in [0.15, 0.2) is 11.6 Å². The molecule has 3 aromatic rings. The fraction of sp³-hybridized carbons (Fsp3) is 0.154. The van der Waals surface area contributed by atoms with Gasteiger partial charge in [0.25, 0.3) is 11.7 Å². The van der Waals surface area contributed by atoms with Crippen molar-refractivity contribution >= 4 is 28.8 Å². The number of hydrogen-bond acceptors (Lipinski definition) is 5. The van der Waals surface area contributed by atoms with Crippen LogP contribution in [0.4, 0.5) is 20.2 Å². The number of halogens is 2. The van der Waals surface area contributed by atoms with Crippen LogP contribution in [-0.4, -0.2) is 38.0 Å². The molecule has 1 amide bonds. The number of nitrogens with zero attached hydrogens (tertiary/aromatic N) is 2. The van der Waals surface area contributed by atoms with Crippen molar-refractivity contribution in [3.8, 4) is 5.75 Å². The molecule has 1 aliphatic rings. The number of ether oxygens (including phenoxy) is 1. The van der Waals surface area contributed by atoms with Crippen LogP contribution >= 0.6 is 0 Å². The highest BCUT2D eigenvalue weighted by atomic mass is 19.2. The molecule has 0 aliphatic carbocycles. The van der Waals surface area contributed by atoms with Gasteiger partial charge in [-0.2, -0.15) is 0 Å². The second-order valence-electron chi connectivity index (χ2n) is 7.98. The van der Waals surface area contributed by atoms with E-state index in [1.54, 1.807) is 48.5 Å². The molecule has 1 atom stereocenters. The van der Waals surface area contributed by atoms with E-state index < -0.39 is 29.4 Å². The Hall–Kier alpha value is -4.20. The Morgan fingerprint density at radius 1 is 0.941 bits per heavy atom. The molecule has 0 bridgehead atoms. The maximum Gasteiger partial charge on any atom is 0.300 e. The van der Waals surface area contributed by atoms with E-state index in [-0.39, 0.29) is 17.0 Å². The number of ketones is 1. The summed E-state index contributed by atoms with van der Waals surface area (Å²) in [5.74, 6) is -3.95. The van der Waals surface area contributed by atoms with Crippen LogP contribution in [0.2, 0.25) is 0 Å². The van der Waals surface area contributed by atoms with Gasteiger partial charge in [0.2, 0.25) is 0 Å². The Kier molecular flexibility index (Phi) is 6.06. The quantitative estimate of drug-likeness (QED) is 0.338. The van der Waals surface area contributed by atoms with E-state index in [4.69, 9.17) is 4.74 Å². The number of aliphatic hydroxyl groups excluding tert-OH is 1. The molecule has 6 nitrogen and oxygen atoms in total. The van der Waals surface area contributed by atoms with Crippen molar-refractivity contribution in [1.29, 1.82) is 0 Å². The number of benzene rings is 3. The minimum absolute atomic E-state index is 0.00327. The molecule has 0 saturated carbocycles. The topological polar surface area (TPSA) is 70.1 Å². The van der Waals surface area contributed by atoms with Gasteiger partial charge in [-0.3, -0.25) is 14.5 Å². The summed E-state index contributed by atoms with van der Waals surface area (Å²) in [6, 6.07) is 15.3. The molecule has 1 N–H and O–H groups in total. The first-order valence-corrected chi connectivity index (χ1v) is 10.4. The first-order valence-electron chi connectivity index (χ1n) is 10.4. The number of carbonyl (C=O) groups is 2. The summed E-state index contributed by atoms with van der Waals surface area (Å²) in [5, 5.41) is 11.1. The Bertz CT molecular complexity index is 1290. The van der Waals surface area contributed by atoms with Gasteiger partial charge in [-0.1, -0.05) is 12.1 Å². The second kappa shape index (κ2) is 8.97. The lowest BCUT2D eigenvalue weighted by atomic mass is 9.95. The van der Waals surface area contributed by atoms with Gasteiger partial charge in [-0.15, -0.1) is 0 Å². The molecular formula is C26H22F2N2O4. The average molecular weight is 464 g/mol. The minimum atomic E-state index is -1.16. The highest BCUT2D eigenvalue weighted by molar-refractivity contribution is 6.51. The van der Waals surface area contributed by atoms with Crippen LogP contribution in [0.15, 0.2) is 72.3 Å². The Labute approximate surface area is 195 Å². The van der Waals surface area contributed by atoms with Crippen molar-refractivity contribution < 1.29 is 28.2 Å². The smallest absolute Gasteiger partial charge is 0.300 e. The summed E-state index contributed by atoms with van der Waals surface area (Å²) in [6.45, 7) is 0. The zero-order chi connectivity index (χ0) is 24.6. The van der Waals surface area contributed by atoms with Crippen molar-refractivity contribution in [3.05, 3.63) is 95.1 Å². The number of carbonyl (C=O) groups excluding carboxylic acids is 2. The Morgan fingerprint density at radius 2 is 1.59 bits per heavy atom. The van der Waals surface area contributed by atoms with Gasteiger partial charge < -0.3 is 14.7 Å². The van der Waals surface area contributed by atoms with E-state index in [9.17, 15) is 23.5 Å². The fourth-order valence-electron chi connectivity index (χ4n) is 3.91. The lowest BCUT2D eigenvalue weighted by molar-refractivity contribution is -0.132. The second-order valence-corrected chi connectivity index (χ2v) is 7.98. The van der Waals surface area contributed by atoms with E-state index in [0.717, 1.165) is 22.7 Å². The number of methoxy groups -OCH3 is 1. The molecule has 34 heavy (non-hydrogen) atoms. The molecule has 8 heteroatoms. The van der Waals surface area contributed by atoms with E-state index in [2.05, 4.69) is 0 Å². The van der Waals surface area contributed by atoms with Crippen molar-refractivity contribution in [2.24, 2.45) is 0 Å². The largest absolute Gasteiger partial charge is 0.507 e. The van der Waals surface area contributed by atoms with Crippen LogP contribution in [0.5, 0.6) is 5.75 Å². The molecule has 1 aliphatic heterocycles. The zero-order valence-electron chi connectivity index (χ0n) is 18.8. The summed E-state index contributed by atoms with van der Waals surface area (Å²) in [6.07, 6.45) is 0. The molecule has 0 spiro atoms. The van der Waals surface area contributed by atoms with Crippen LogP contribution < -0.4 is 14.5 Å². The zero-order valence-corrected chi connectivity index (χ0v) is 18.8. The number of Topliss-reactive ketones (excluding diaryl/α,β-unsaturated/α-hetero) is 1. The minimum Gasteiger partial charge on any atom is -0.507 e. The summed E-state index contributed by atoms with van der Waals surface area (Å²) in [4.78, 5) is 29.2. The van der Waals surface area contributed by atoms with E-state index >= 15 is 0 Å². The number of aliphatic hydroxyl groups is 1. The molecular weight excluding hydrogens is 442 g/mol. The highest BCUT2D eigenvalue weighted by Gasteiger charge is 2.47. The normalized spacial score (nSPS) is 17.2. The van der Waals surface area contributed by atoms with E-state index in [1.165, 1.54) is 13.2 Å². The summed E-state index contributed by atoms with van der Waals surface area (Å²) < 4.78 is 32.8. The van der Waals surface area contributed by atoms with Crippen LogP contribution in [0.25, 0.3) is 5.76 Å². The molecule has 4 rings (SSSR count). The maximum absolute atomic E-state index is 14.0. The number of rotatable bonds is 5. The summed E-state index contributed by atoms with van der Waals surface area (Å²) >= 11 is 0. The first kappa shape index (κ1) is 23.0. The first-order chi connectivity index (χ1) is 16.2. The molecule has 1 saturated heterocycles. The van der Waals surface area contributed by atoms with E-state index in [0.29, 0.717) is 16.9 Å². The molecule has 0 aromatic heterocycles. The van der Waals surface area contributed by atoms with Gasteiger partial charge in [-0.25, -0.2) is 8.78 Å². The van der Waals surface area contributed by atoms with Crippen molar-refractivity contribution in [3.63, 3.8) is 0 Å². The molecule has 3 aromatic carbocycles. The standard InChI is InChI=1S/C26H22F2N2O4/c1-29(2)17-8-4-15(5-9-17)23-22(24(31)16-6-11-19(34-3)12-7-16)25(32)26(33)30(23)18-10-13-20(27)21(28)14-18/h4-14,23,31H,1-3H3/b24-22+.